The Kier molecular flexibility index (Phi) is 6.32. The first-order valence-electron chi connectivity index (χ1n) is 9.03. The number of benzene rings is 1. The lowest BCUT2D eigenvalue weighted by atomic mass is 10.2. The first-order valence-corrected chi connectivity index (χ1v) is 9.03. The van der Waals surface area contributed by atoms with E-state index in [0.717, 1.165) is 25.0 Å². The highest BCUT2D eigenvalue weighted by molar-refractivity contribution is 6.03. The van der Waals surface area contributed by atoms with Gasteiger partial charge in [-0.1, -0.05) is 0 Å². The fraction of sp³-hybridized carbons (Fsp3) is 0.444. The van der Waals surface area contributed by atoms with E-state index in [4.69, 9.17) is 4.42 Å². The number of rotatable bonds is 6. The van der Waals surface area contributed by atoms with Crippen LogP contribution in [0.1, 0.15) is 29.1 Å². The maximum Gasteiger partial charge on any atom is 0.422 e. The molecule has 2 aromatic rings. The Bertz CT molecular complexity index is 934. The van der Waals surface area contributed by atoms with E-state index in [9.17, 15) is 35.5 Å². The molecule has 0 radical (unpaired) electrons. The van der Waals surface area contributed by atoms with Crippen molar-refractivity contribution in [2.75, 3.05) is 29.9 Å². The van der Waals surface area contributed by atoms with E-state index in [1.165, 1.54) is 0 Å². The van der Waals surface area contributed by atoms with Gasteiger partial charge in [-0.3, -0.25) is 4.79 Å². The zero-order valence-corrected chi connectivity index (χ0v) is 15.7. The van der Waals surface area contributed by atoms with Crippen LogP contribution < -0.4 is 15.0 Å². The molecule has 0 aliphatic carbocycles. The van der Waals surface area contributed by atoms with E-state index in [1.54, 1.807) is 4.90 Å². The van der Waals surface area contributed by atoms with Crippen LogP contribution >= 0.6 is 0 Å². The average molecular weight is 455 g/mol. The van der Waals surface area contributed by atoms with Crippen LogP contribution in [0.3, 0.4) is 0 Å². The molecule has 0 spiro atoms. The summed E-state index contributed by atoms with van der Waals surface area (Å²) in [4.78, 5) is 18.0. The van der Waals surface area contributed by atoms with Gasteiger partial charge in [0.1, 0.15) is 12.2 Å². The zero-order valence-electron chi connectivity index (χ0n) is 15.7. The third-order valence-corrected chi connectivity index (χ3v) is 4.22. The number of alkyl halides is 6. The van der Waals surface area contributed by atoms with Crippen LogP contribution in [0.5, 0.6) is 5.75 Å². The minimum Gasteiger partial charge on any atom is -0.481 e. The van der Waals surface area contributed by atoms with Crippen molar-refractivity contribution in [1.82, 2.24) is 4.98 Å². The number of aromatic nitrogens is 1. The third-order valence-electron chi connectivity index (χ3n) is 4.22. The first-order chi connectivity index (χ1) is 14.4. The van der Waals surface area contributed by atoms with Gasteiger partial charge in [-0.2, -0.15) is 31.3 Å². The van der Waals surface area contributed by atoms with E-state index < -0.39 is 54.3 Å². The van der Waals surface area contributed by atoms with E-state index in [1.807, 2.05) is 0 Å². The van der Waals surface area contributed by atoms with Gasteiger partial charge in [0.25, 0.3) is 11.9 Å². The van der Waals surface area contributed by atoms with Gasteiger partial charge in [0.15, 0.2) is 23.9 Å². The van der Waals surface area contributed by atoms with Gasteiger partial charge in [-0.05, 0) is 25.0 Å². The van der Waals surface area contributed by atoms with Crippen molar-refractivity contribution >= 4 is 17.6 Å². The molecule has 1 saturated heterocycles. The Hall–Kier alpha value is -2.99. The molecule has 6 nitrogen and oxygen atoms in total. The fourth-order valence-electron chi connectivity index (χ4n) is 2.91. The van der Waals surface area contributed by atoms with Gasteiger partial charge in [-0.15, -0.1) is 0 Å². The molecule has 13 heteroatoms. The summed E-state index contributed by atoms with van der Waals surface area (Å²) in [6.07, 6.45) is -9.29. The Labute approximate surface area is 171 Å². The van der Waals surface area contributed by atoms with Gasteiger partial charge < -0.3 is 19.4 Å². The number of nitrogens with one attached hydrogen (secondary N) is 1. The highest BCUT2D eigenvalue weighted by Crippen LogP contribution is 2.30. The maximum atomic E-state index is 14.0. The van der Waals surface area contributed by atoms with Crippen LogP contribution in [0, 0.1) is 5.82 Å². The molecule has 0 bridgehead atoms. The molecule has 1 aliphatic rings. The average Bonchev–Trinajstić information content (AvgIpc) is 3.28. The number of ether oxygens (including phenoxy) is 1. The quantitative estimate of drug-likeness (QED) is 0.639. The minimum absolute atomic E-state index is 0.121. The van der Waals surface area contributed by atoms with Gasteiger partial charge in [0, 0.05) is 24.8 Å². The molecule has 3 rings (SSSR count). The summed E-state index contributed by atoms with van der Waals surface area (Å²) < 4.78 is 98.6. The topological polar surface area (TPSA) is 67.6 Å². The summed E-state index contributed by atoms with van der Waals surface area (Å²) in [5, 5.41) is 2.16. The van der Waals surface area contributed by atoms with E-state index in [-0.39, 0.29) is 11.7 Å². The maximum absolute atomic E-state index is 14.0. The molecule has 0 unspecified atom stereocenters. The first kappa shape index (κ1) is 22.7. The SMILES string of the molecule is O=C(Nc1ccc(OCC(F)(F)F)c(F)c1)c1nc(N2CCCC2)oc1CC(F)(F)F. The highest BCUT2D eigenvalue weighted by Gasteiger charge is 2.35. The lowest BCUT2D eigenvalue weighted by molar-refractivity contribution is -0.153. The van der Waals surface area contributed by atoms with Crippen LogP contribution in [-0.4, -0.2) is 42.9 Å². The van der Waals surface area contributed by atoms with Crippen molar-refractivity contribution in [3.63, 3.8) is 0 Å². The normalized spacial score (nSPS) is 14.7. The summed E-state index contributed by atoms with van der Waals surface area (Å²) in [6, 6.07) is 2.45. The van der Waals surface area contributed by atoms with Crippen molar-refractivity contribution in [2.45, 2.75) is 31.6 Å². The number of carbonyl (C=O) groups excluding carboxylic acids is 1. The second-order valence-corrected chi connectivity index (χ2v) is 6.76. The number of halogens is 7. The van der Waals surface area contributed by atoms with E-state index in [2.05, 4.69) is 15.0 Å². The van der Waals surface area contributed by atoms with Gasteiger partial charge in [0.05, 0.1) is 0 Å². The summed E-state index contributed by atoms with van der Waals surface area (Å²) in [5.41, 5.74) is -0.831. The number of anilines is 2. The standard InChI is InChI=1S/C18H16F7N3O3/c19-11-7-10(3-4-12(11)30-9-18(23,24)25)26-15(29)14-13(8-17(20,21)22)31-16(27-14)28-5-1-2-6-28/h3-4,7H,1-2,5-6,8-9H2,(H,26,29). The van der Waals surface area contributed by atoms with Crippen LogP contribution in [-0.2, 0) is 6.42 Å². The van der Waals surface area contributed by atoms with Crippen molar-refractivity contribution in [1.29, 1.82) is 0 Å². The molecule has 1 aromatic heterocycles. The Morgan fingerprint density at radius 2 is 1.81 bits per heavy atom. The predicted octanol–water partition coefficient (Wildman–Crippen LogP) is 4.71. The lowest BCUT2D eigenvalue weighted by Crippen LogP contribution is -2.20. The molecular formula is C18H16F7N3O3. The Balaban J connectivity index is 1.78. The van der Waals surface area contributed by atoms with E-state index in [0.29, 0.717) is 19.2 Å². The number of hydrogen-bond donors (Lipinski definition) is 1. The molecule has 31 heavy (non-hydrogen) atoms. The zero-order chi connectivity index (χ0) is 22.8. The fourth-order valence-corrected chi connectivity index (χ4v) is 2.91. The Morgan fingerprint density at radius 3 is 2.39 bits per heavy atom. The number of carbonyl (C=O) groups is 1. The molecule has 0 atom stereocenters. The summed E-state index contributed by atoms with van der Waals surface area (Å²) in [7, 11) is 0. The number of nitrogens with zero attached hydrogens (tertiary/aromatic N) is 2. The largest absolute Gasteiger partial charge is 0.481 e. The van der Waals surface area contributed by atoms with Crippen molar-refractivity contribution in [3.8, 4) is 5.75 Å². The monoisotopic (exact) mass is 455 g/mol. The lowest BCUT2D eigenvalue weighted by Gasteiger charge is -2.11. The van der Waals surface area contributed by atoms with Gasteiger partial charge >= 0.3 is 12.4 Å². The smallest absolute Gasteiger partial charge is 0.422 e. The molecule has 0 saturated carbocycles. The molecule has 1 N–H and O–H groups in total. The summed E-state index contributed by atoms with van der Waals surface area (Å²) >= 11 is 0. The molecule has 170 valence electrons. The Morgan fingerprint density at radius 1 is 1.13 bits per heavy atom. The summed E-state index contributed by atoms with van der Waals surface area (Å²) in [6.45, 7) is -0.691. The second kappa shape index (κ2) is 8.63. The van der Waals surface area contributed by atoms with Crippen molar-refractivity contribution in [2.24, 2.45) is 0 Å². The molecule has 2 heterocycles. The number of oxazole rings is 1. The summed E-state index contributed by atoms with van der Waals surface area (Å²) in [5.74, 6) is -3.68. The minimum atomic E-state index is -4.67. The molecular weight excluding hydrogens is 439 g/mol. The van der Waals surface area contributed by atoms with Gasteiger partial charge in [0.2, 0.25) is 0 Å². The van der Waals surface area contributed by atoms with Crippen LogP contribution in [0.2, 0.25) is 0 Å². The predicted molar refractivity (Wildman–Crippen MR) is 93.6 cm³/mol. The molecule has 1 aromatic carbocycles. The molecule has 1 aliphatic heterocycles. The molecule has 1 amide bonds. The van der Waals surface area contributed by atoms with Crippen molar-refractivity contribution in [3.05, 3.63) is 35.5 Å². The second-order valence-electron chi connectivity index (χ2n) is 6.76. The number of hydrogen-bond acceptors (Lipinski definition) is 5. The van der Waals surface area contributed by atoms with Crippen LogP contribution in [0.4, 0.5) is 42.4 Å². The third kappa shape index (κ3) is 6.25. The molecule has 1 fully saturated rings. The van der Waals surface area contributed by atoms with Gasteiger partial charge in [-0.25, -0.2) is 4.39 Å². The highest BCUT2D eigenvalue weighted by atomic mass is 19.4. The van der Waals surface area contributed by atoms with Crippen LogP contribution in [0.25, 0.3) is 0 Å². The van der Waals surface area contributed by atoms with Crippen LogP contribution in [0.15, 0.2) is 22.6 Å². The van der Waals surface area contributed by atoms with E-state index >= 15 is 0 Å². The van der Waals surface area contributed by atoms with Crippen molar-refractivity contribution < 1.29 is 44.7 Å². The number of amides is 1.